The number of ether oxygens (including phenoxy) is 1. The van der Waals surface area contributed by atoms with E-state index >= 15 is 0 Å². The molecule has 0 aromatic rings. The zero-order chi connectivity index (χ0) is 6.53. The van der Waals surface area contributed by atoms with Crippen LogP contribution >= 0.6 is 12.8 Å². The fraction of sp³-hybridized carbons (Fsp3) is 0.200. The Morgan fingerprint density at radius 2 is 2.33 bits per heavy atom. The van der Waals surface area contributed by atoms with Crippen LogP contribution in [0.4, 0.5) is 0 Å². The van der Waals surface area contributed by atoms with Crippen molar-refractivity contribution >= 4 is 12.8 Å². The van der Waals surface area contributed by atoms with Crippen LogP contribution in [0.25, 0.3) is 0 Å². The van der Waals surface area contributed by atoms with Crippen LogP contribution in [0.3, 0.4) is 0 Å². The molecule has 4 heteroatoms. The lowest BCUT2D eigenvalue weighted by Gasteiger charge is -2.06. The third kappa shape index (κ3) is 1.89. The van der Waals surface area contributed by atoms with Gasteiger partial charge in [0, 0.05) is 0 Å². The van der Waals surface area contributed by atoms with Gasteiger partial charge in [-0.25, -0.2) is 0 Å². The summed E-state index contributed by atoms with van der Waals surface area (Å²) in [5.41, 5.74) is 0. The molecule has 48 valence electrons. The van der Waals surface area contributed by atoms with Gasteiger partial charge in [-0.05, 0) is 25.0 Å². The van der Waals surface area contributed by atoms with E-state index in [9.17, 15) is 0 Å². The Hall–Kier alpha value is -0.770. The topological polar surface area (TPSA) is 34.0 Å². The molecule has 0 aliphatic carbocycles. The molecule has 1 unspecified atom stereocenters. The summed E-state index contributed by atoms with van der Waals surface area (Å²) in [5, 5.41) is 3.61. The number of rotatable bonds is 1. The summed E-state index contributed by atoms with van der Waals surface area (Å²) in [4.78, 5) is 0. The largest absolute Gasteiger partial charge is 0.471 e. The third-order valence-electron chi connectivity index (χ3n) is 0.849. The summed E-state index contributed by atoms with van der Waals surface area (Å²) < 4.78 is 8.21. The summed E-state index contributed by atoms with van der Waals surface area (Å²) in [7, 11) is 0. The van der Waals surface area contributed by atoms with Gasteiger partial charge in [-0.2, -0.15) is 0 Å². The minimum absolute atomic E-state index is 0.285. The number of hydrogen-bond donors (Lipinski definition) is 1. The fourth-order valence-electron chi connectivity index (χ4n) is 0.492. The highest BCUT2D eigenvalue weighted by Crippen LogP contribution is 2.03. The highest BCUT2D eigenvalue weighted by molar-refractivity contribution is 7.78. The minimum atomic E-state index is -0.285. The molecule has 0 amide bonds. The van der Waals surface area contributed by atoms with Crippen molar-refractivity contribution in [3.8, 4) is 0 Å². The fourth-order valence-corrected chi connectivity index (χ4v) is 0.594. The molecule has 1 rings (SSSR count). The van der Waals surface area contributed by atoms with E-state index in [2.05, 4.69) is 22.4 Å². The van der Waals surface area contributed by atoms with Gasteiger partial charge in [-0.15, -0.1) is 9.63 Å². The molecule has 1 atom stereocenters. The van der Waals surface area contributed by atoms with Gasteiger partial charge < -0.3 is 4.74 Å². The number of thiol groups is 1. The van der Waals surface area contributed by atoms with E-state index in [4.69, 9.17) is 4.74 Å². The van der Waals surface area contributed by atoms with Gasteiger partial charge in [-0.1, -0.05) is 6.08 Å². The lowest BCUT2D eigenvalue weighted by Crippen LogP contribution is -2.02. The first kappa shape index (κ1) is 6.35. The molecule has 3 nitrogen and oxygen atoms in total. The van der Waals surface area contributed by atoms with E-state index < -0.39 is 0 Å². The highest BCUT2D eigenvalue weighted by Gasteiger charge is 2.00. The first-order chi connectivity index (χ1) is 4.43. The first-order valence-electron chi connectivity index (χ1n) is 2.46. The van der Waals surface area contributed by atoms with Gasteiger partial charge in [0.15, 0.2) is 0 Å². The number of hydrogen-bond acceptors (Lipinski definition) is 3. The third-order valence-corrected chi connectivity index (χ3v) is 0.952. The number of nitrogens with zero attached hydrogens (tertiary/aromatic N) is 2. The summed E-state index contributed by atoms with van der Waals surface area (Å²) in [5.74, 6) is 0. The molecule has 0 fully saturated rings. The van der Waals surface area contributed by atoms with E-state index in [0.29, 0.717) is 0 Å². The van der Waals surface area contributed by atoms with Gasteiger partial charge >= 0.3 is 0 Å². The maximum Gasteiger partial charge on any atom is 0.228 e. The molecule has 9 heavy (non-hydrogen) atoms. The van der Waals surface area contributed by atoms with Crippen LogP contribution in [0.2, 0.25) is 0 Å². The molecular weight excluding hydrogens is 136 g/mol. The van der Waals surface area contributed by atoms with Gasteiger partial charge in [0.1, 0.15) is 0 Å². The van der Waals surface area contributed by atoms with Crippen molar-refractivity contribution in [3.63, 3.8) is 0 Å². The van der Waals surface area contributed by atoms with Crippen LogP contribution in [0.5, 0.6) is 0 Å². The molecule has 0 radical (unpaired) electrons. The molecule has 0 aromatic carbocycles. The second-order valence-electron chi connectivity index (χ2n) is 1.44. The predicted molar refractivity (Wildman–Crippen MR) is 37.0 cm³/mol. The lowest BCUT2D eigenvalue weighted by molar-refractivity contribution is 0.186. The summed E-state index contributed by atoms with van der Waals surface area (Å²) in [6.07, 6.45) is 6.68. The predicted octanol–water partition coefficient (Wildman–Crippen LogP) is 1.71. The highest BCUT2D eigenvalue weighted by atomic mass is 32.1. The molecule has 1 aliphatic rings. The Balaban J connectivity index is 2.46. The molecule has 0 bridgehead atoms. The second kappa shape index (κ2) is 3.29. The van der Waals surface area contributed by atoms with Gasteiger partial charge in [0.2, 0.25) is 6.23 Å². The standard InChI is InChI=1S/C5H6N2OS/c9-7-6-5-3-1-2-4-8-5/h1-5H,(H,6,9). The maximum absolute atomic E-state index is 4.94. The maximum atomic E-state index is 4.94. The van der Waals surface area contributed by atoms with Crippen molar-refractivity contribution in [2.75, 3.05) is 0 Å². The summed E-state index contributed by atoms with van der Waals surface area (Å²) in [6.45, 7) is 0. The average molecular weight is 142 g/mol. The zero-order valence-electron chi connectivity index (χ0n) is 4.64. The van der Waals surface area contributed by atoms with Crippen molar-refractivity contribution < 1.29 is 4.74 Å². The van der Waals surface area contributed by atoms with Crippen molar-refractivity contribution in [1.29, 1.82) is 0 Å². The van der Waals surface area contributed by atoms with E-state index in [-0.39, 0.29) is 6.23 Å². The van der Waals surface area contributed by atoms with Gasteiger partial charge in [0.25, 0.3) is 0 Å². The Morgan fingerprint density at radius 1 is 1.44 bits per heavy atom. The Morgan fingerprint density at radius 3 is 2.89 bits per heavy atom. The monoisotopic (exact) mass is 142 g/mol. The molecule has 1 aliphatic heterocycles. The second-order valence-corrected chi connectivity index (χ2v) is 1.62. The van der Waals surface area contributed by atoms with Crippen molar-refractivity contribution in [3.05, 3.63) is 24.5 Å². The Kier molecular flexibility index (Phi) is 2.32. The van der Waals surface area contributed by atoms with Crippen LogP contribution in [0.15, 0.2) is 34.1 Å². The molecule has 0 aromatic heterocycles. The SMILES string of the molecule is SN=NC1C=CC=CO1. The molecule has 0 N–H and O–H groups in total. The summed E-state index contributed by atoms with van der Waals surface area (Å²) in [6, 6.07) is 0. The smallest absolute Gasteiger partial charge is 0.228 e. The van der Waals surface area contributed by atoms with Crippen molar-refractivity contribution in [1.82, 2.24) is 0 Å². The lowest BCUT2D eigenvalue weighted by atomic mass is 10.4. The van der Waals surface area contributed by atoms with E-state index in [1.807, 2.05) is 6.08 Å². The first-order valence-corrected chi connectivity index (χ1v) is 2.86. The van der Waals surface area contributed by atoms with Crippen LogP contribution in [-0.2, 0) is 4.74 Å². The molecule has 0 saturated heterocycles. The normalized spacial score (nSPS) is 24.8. The summed E-state index contributed by atoms with van der Waals surface area (Å²) >= 11 is 3.55. The molecule has 1 heterocycles. The van der Waals surface area contributed by atoms with Crippen molar-refractivity contribution in [2.45, 2.75) is 6.23 Å². The zero-order valence-corrected chi connectivity index (χ0v) is 5.53. The van der Waals surface area contributed by atoms with Crippen molar-refractivity contribution in [2.24, 2.45) is 9.63 Å². The van der Waals surface area contributed by atoms with Gasteiger partial charge in [0.05, 0.1) is 6.26 Å². The number of allylic oxidation sites excluding steroid dienone is 2. The molecule has 0 spiro atoms. The quantitative estimate of drug-likeness (QED) is 0.439. The van der Waals surface area contributed by atoms with E-state index in [1.54, 1.807) is 18.4 Å². The van der Waals surface area contributed by atoms with E-state index in [0.717, 1.165) is 0 Å². The van der Waals surface area contributed by atoms with Crippen LogP contribution in [0.1, 0.15) is 0 Å². The van der Waals surface area contributed by atoms with E-state index in [1.165, 1.54) is 0 Å². The average Bonchev–Trinajstić information content (AvgIpc) is 1.91. The van der Waals surface area contributed by atoms with Crippen LogP contribution in [-0.4, -0.2) is 6.23 Å². The Bertz CT molecular complexity index is 164. The van der Waals surface area contributed by atoms with Crippen LogP contribution in [0, 0.1) is 0 Å². The molecule has 0 saturated carbocycles. The van der Waals surface area contributed by atoms with Gasteiger partial charge in [-0.3, -0.25) is 0 Å². The van der Waals surface area contributed by atoms with Crippen LogP contribution < -0.4 is 0 Å². The molecular formula is C5H6N2OS. The Labute approximate surface area is 58.7 Å². The minimum Gasteiger partial charge on any atom is -0.471 e.